The van der Waals surface area contributed by atoms with Gasteiger partial charge in [0.05, 0.1) is 12.8 Å². The highest BCUT2D eigenvalue weighted by molar-refractivity contribution is 5.53. The summed E-state index contributed by atoms with van der Waals surface area (Å²) in [7, 11) is 1.56. The summed E-state index contributed by atoms with van der Waals surface area (Å²) >= 11 is 0. The summed E-state index contributed by atoms with van der Waals surface area (Å²) in [4.78, 5) is 4.28. The van der Waals surface area contributed by atoms with Crippen molar-refractivity contribution in [1.82, 2.24) is 4.98 Å². The smallest absolute Gasteiger partial charge is 0.238 e. The Morgan fingerprint density at radius 2 is 2.11 bits per heavy atom. The summed E-state index contributed by atoms with van der Waals surface area (Å²) in [6, 6.07) is 12.2. The van der Waals surface area contributed by atoms with Gasteiger partial charge in [0.15, 0.2) is 0 Å². The normalized spacial score (nSPS) is 10.2. The van der Waals surface area contributed by atoms with E-state index in [1.807, 2.05) is 6.07 Å². The average Bonchev–Trinajstić information content (AvgIpc) is 2.41. The number of aromatic nitrogens is 1. The lowest BCUT2D eigenvalue weighted by Gasteiger charge is -2.09. The molecule has 2 rings (SSSR count). The second-order valence-electron chi connectivity index (χ2n) is 4.46. The third kappa shape index (κ3) is 3.61. The van der Waals surface area contributed by atoms with Gasteiger partial charge >= 0.3 is 0 Å². The third-order valence-corrected chi connectivity index (χ3v) is 2.89. The van der Waals surface area contributed by atoms with Crippen LogP contribution in [0.5, 0.6) is 5.88 Å². The average molecular weight is 257 g/mol. The first kappa shape index (κ1) is 13.2. The van der Waals surface area contributed by atoms with Crippen LogP contribution in [0.3, 0.4) is 0 Å². The van der Waals surface area contributed by atoms with E-state index >= 15 is 0 Å². The molecule has 0 saturated carbocycles. The number of nitrogens with one attached hydrogen (secondary N) is 1. The fourth-order valence-corrected chi connectivity index (χ4v) is 1.92. The highest BCUT2D eigenvalue weighted by Crippen LogP contribution is 2.20. The number of pyridine rings is 1. The molecule has 0 bridgehead atoms. The van der Waals surface area contributed by atoms with E-state index in [9.17, 15) is 0 Å². The first-order chi connectivity index (χ1) is 9.19. The molecule has 100 valence electrons. The van der Waals surface area contributed by atoms with Crippen molar-refractivity contribution in [2.45, 2.75) is 13.3 Å². The summed E-state index contributed by atoms with van der Waals surface area (Å²) in [5, 5.41) is 3.27. The zero-order chi connectivity index (χ0) is 13.7. The van der Waals surface area contributed by atoms with Gasteiger partial charge in [0.2, 0.25) is 5.88 Å². The number of methoxy groups -OCH3 is 1. The third-order valence-electron chi connectivity index (χ3n) is 2.89. The Labute approximate surface area is 113 Å². The molecule has 0 unspecified atom stereocenters. The van der Waals surface area contributed by atoms with Gasteiger partial charge in [-0.1, -0.05) is 29.8 Å². The number of ether oxygens (including phenoxy) is 1. The number of hydrogen-bond acceptors (Lipinski definition) is 4. The molecule has 0 aliphatic heterocycles. The van der Waals surface area contributed by atoms with Crippen LogP contribution in [-0.2, 0) is 6.42 Å². The standard InChI is InChI=1S/C15H19N3O/c1-11-4-3-5-12(10-11)8-9-17-14-7-6-13(16)15(18-14)19-2/h3-7,10H,8-9,16H2,1-2H3,(H,17,18). The largest absolute Gasteiger partial charge is 0.479 e. The molecule has 0 atom stereocenters. The minimum atomic E-state index is 0.459. The number of benzene rings is 1. The molecule has 0 radical (unpaired) electrons. The zero-order valence-electron chi connectivity index (χ0n) is 11.3. The number of rotatable bonds is 5. The molecule has 1 aromatic carbocycles. The van der Waals surface area contributed by atoms with Crippen molar-refractivity contribution in [3.8, 4) is 5.88 Å². The predicted molar refractivity (Wildman–Crippen MR) is 78.6 cm³/mol. The number of nitrogens with two attached hydrogens (primary N) is 1. The summed E-state index contributed by atoms with van der Waals surface area (Å²) in [5.41, 5.74) is 8.87. The second kappa shape index (κ2) is 6.09. The molecule has 0 amide bonds. The maximum atomic E-state index is 5.72. The number of aryl methyl sites for hydroxylation is 1. The predicted octanol–water partition coefficient (Wildman–Crippen LogP) is 2.64. The Morgan fingerprint density at radius 1 is 1.26 bits per heavy atom. The van der Waals surface area contributed by atoms with E-state index in [1.54, 1.807) is 13.2 Å². The first-order valence-corrected chi connectivity index (χ1v) is 6.29. The molecule has 2 aromatic rings. The second-order valence-corrected chi connectivity index (χ2v) is 4.46. The summed E-state index contributed by atoms with van der Waals surface area (Å²) < 4.78 is 5.09. The van der Waals surface area contributed by atoms with Crippen molar-refractivity contribution in [3.05, 3.63) is 47.5 Å². The van der Waals surface area contributed by atoms with Crippen LogP contribution in [-0.4, -0.2) is 18.6 Å². The zero-order valence-corrected chi connectivity index (χ0v) is 11.3. The van der Waals surface area contributed by atoms with Gasteiger partial charge in [0.25, 0.3) is 0 Å². The van der Waals surface area contributed by atoms with E-state index in [0.717, 1.165) is 18.8 Å². The van der Waals surface area contributed by atoms with Gasteiger partial charge in [-0.15, -0.1) is 0 Å². The Bertz CT molecular complexity index is 555. The van der Waals surface area contributed by atoms with Crippen LogP contribution in [0, 0.1) is 6.92 Å². The molecule has 1 aromatic heterocycles. The van der Waals surface area contributed by atoms with Crippen molar-refractivity contribution in [1.29, 1.82) is 0 Å². The number of nitrogens with zero attached hydrogens (tertiary/aromatic N) is 1. The molecule has 19 heavy (non-hydrogen) atoms. The van der Waals surface area contributed by atoms with Crippen LogP contribution < -0.4 is 15.8 Å². The first-order valence-electron chi connectivity index (χ1n) is 6.29. The quantitative estimate of drug-likeness (QED) is 0.864. The van der Waals surface area contributed by atoms with Crippen LogP contribution in [0.15, 0.2) is 36.4 Å². The van der Waals surface area contributed by atoms with Crippen molar-refractivity contribution >= 4 is 11.5 Å². The minimum Gasteiger partial charge on any atom is -0.479 e. The Hall–Kier alpha value is -2.23. The Kier molecular flexibility index (Phi) is 4.23. The molecular weight excluding hydrogens is 238 g/mol. The van der Waals surface area contributed by atoms with Gasteiger partial charge in [-0.2, -0.15) is 4.98 Å². The van der Waals surface area contributed by atoms with Gasteiger partial charge in [0, 0.05) is 6.54 Å². The number of hydrogen-bond donors (Lipinski definition) is 2. The van der Waals surface area contributed by atoms with Crippen molar-refractivity contribution in [3.63, 3.8) is 0 Å². The summed E-state index contributed by atoms with van der Waals surface area (Å²) in [6.45, 7) is 2.92. The van der Waals surface area contributed by atoms with E-state index in [1.165, 1.54) is 11.1 Å². The lowest BCUT2D eigenvalue weighted by molar-refractivity contribution is 0.401. The van der Waals surface area contributed by atoms with Crippen LogP contribution >= 0.6 is 0 Å². The van der Waals surface area contributed by atoms with Crippen molar-refractivity contribution in [2.24, 2.45) is 0 Å². The molecule has 1 heterocycles. The molecule has 4 heteroatoms. The van der Waals surface area contributed by atoms with Gasteiger partial charge in [-0.25, -0.2) is 0 Å². The fourth-order valence-electron chi connectivity index (χ4n) is 1.92. The highest BCUT2D eigenvalue weighted by atomic mass is 16.5. The summed E-state index contributed by atoms with van der Waals surface area (Å²) in [6.07, 6.45) is 0.954. The maximum absolute atomic E-state index is 5.72. The molecule has 0 saturated heterocycles. The fraction of sp³-hybridized carbons (Fsp3) is 0.267. The Morgan fingerprint density at radius 3 is 2.84 bits per heavy atom. The number of anilines is 2. The lowest BCUT2D eigenvalue weighted by atomic mass is 10.1. The molecular formula is C15H19N3O. The molecule has 0 spiro atoms. The molecule has 0 aliphatic carbocycles. The van der Waals surface area contributed by atoms with E-state index in [2.05, 4.69) is 41.5 Å². The topological polar surface area (TPSA) is 60.2 Å². The van der Waals surface area contributed by atoms with E-state index < -0.39 is 0 Å². The lowest BCUT2D eigenvalue weighted by Crippen LogP contribution is -2.07. The maximum Gasteiger partial charge on any atom is 0.238 e. The van der Waals surface area contributed by atoms with Gasteiger partial charge in [-0.3, -0.25) is 0 Å². The SMILES string of the molecule is COc1nc(NCCc2cccc(C)c2)ccc1N. The summed E-state index contributed by atoms with van der Waals surface area (Å²) in [5.74, 6) is 1.24. The minimum absolute atomic E-state index is 0.459. The van der Waals surface area contributed by atoms with E-state index in [4.69, 9.17) is 10.5 Å². The Balaban J connectivity index is 1.92. The molecule has 3 N–H and O–H groups in total. The molecule has 0 aliphatic rings. The van der Waals surface area contributed by atoms with E-state index in [-0.39, 0.29) is 0 Å². The van der Waals surface area contributed by atoms with Gasteiger partial charge < -0.3 is 15.8 Å². The van der Waals surface area contributed by atoms with Crippen molar-refractivity contribution < 1.29 is 4.74 Å². The van der Waals surface area contributed by atoms with Crippen LogP contribution in [0.2, 0.25) is 0 Å². The monoisotopic (exact) mass is 257 g/mol. The highest BCUT2D eigenvalue weighted by Gasteiger charge is 2.02. The van der Waals surface area contributed by atoms with E-state index in [0.29, 0.717) is 11.6 Å². The van der Waals surface area contributed by atoms with Gasteiger partial charge in [0.1, 0.15) is 5.82 Å². The van der Waals surface area contributed by atoms with Crippen LogP contribution in [0.25, 0.3) is 0 Å². The van der Waals surface area contributed by atoms with Crippen LogP contribution in [0.4, 0.5) is 11.5 Å². The van der Waals surface area contributed by atoms with Crippen LogP contribution in [0.1, 0.15) is 11.1 Å². The molecule has 0 fully saturated rings. The number of nitrogen functional groups attached to an aromatic ring is 1. The molecule has 4 nitrogen and oxygen atoms in total. The van der Waals surface area contributed by atoms with Crippen molar-refractivity contribution in [2.75, 3.05) is 24.7 Å². The van der Waals surface area contributed by atoms with Gasteiger partial charge in [-0.05, 0) is 31.0 Å².